The van der Waals surface area contributed by atoms with Crippen molar-refractivity contribution in [1.82, 2.24) is 20.0 Å². The molecule has 0 aromatic carbocycles. The van der Waals surface area contributed by atoms with Gasteiger partial charge in [-0.1, -0.05) is 6.92 Å². The van der Waals surface area contributed by atoms with E-state index in [1.165, 1.54) is 19.4 Å². The van der Waals surface area contributed by atoms with Crippen LogP contribution in [0.1, 0.15) is 26.2 Å². The minimum atomic E-state index is 0.0976. The number of rotatable bonds is 7. The number of carbonyl (C=O) groups is 1. The fourth-order valence-corrected chi connectivity index (χ4v) is 3.40. The van der Waals surface area contributed by atoms with E-state index in [4.69, 9.17) is 5.73 Å². The predicted molar refractivity (Wildman–Crippen MR) is 85.4 cm³/mol. The summed E-state index contributed by atoms with van der Waals surface area (Å²) in [6.07, 6.45) is 3.50. The lowest BCUT2D eigenvalue weighted by molar-refractivity contribution is 0.180. The van der Waals surface area contributed by atoms with Gasteiger partial charge in [0.2, 0.25) is 0 Å². The Bertz CT molecular complexity index is 325. The molecule has 0 bridgehead atoms. The molecule has 0 aromatic heterocycles. The minimum Gasteiger partial charge on any atom is -0.336 e. The molecule has 0 saturated carbocycles. The zero-order valence-corrected chi connectivity index (χ0v) is 13.4. The molecule has 2 aliphatic rings. The van der Waals surface area contributed by atoms with E-state index in [1.54, 1.807) is 0 Å². The summed E-state index contributed by atoms with van der Waals surface area (Å²) < 4.78 is 0. The quantitative estimate of drug-likeness (QED) is 0.702. The van der Waals surface area contributed by atoms with Crippen LogP contribution >= 0.6 is 0 Å². The standard InChI is InChI=1S/C15H31N5O/c1-2-14(4-5-16)19-8-3-7-18(10-12-19)11-13-20-9-6-17-15(20)21/h14H,2-13,16H2,1H3,(H,17,21). The number of carbonyl (C=O) groups excluding carboxylic acids is 1. The van der Waals surface area contributed by atoms with E-state index in [9.17, 15) is 4.79 Å². The third-order valence-electron chi connectivity index (χ3n) is 4.74. The fraction of sp³-hybridized carbons (Fsp3) is 0.933. The average molecular weight is 297 g/mol. The molecule has 2 rings (SSSR count). The van der Waals surface area contributed by atoms with Crippen molar-refractivity contribution < 1.29 is 4.79 Å². The summed E-state index contributed by atoms with van der Waals surface area (Å²) in [6, 6.07) is 0.736. The summed E-state index contributed by atoms with van der Waals surface area (Å²) in [7, 11) is 0. The topological polar surface area (TPSA) is 64.8 Å². The Balaban J connectivity index is 1.73. The first-order valence-electron chi connectivity index (χ1n) is 8.43. The minimum absolute atomic E-state index is 0.0976. The average Bonchev–Trinajstić information content (AvgIpc) is 2.75. The summed E-state index contributed by atoms with van der Waals surface area (Å²) in [5, 5.41) is 2.86. The Labute approximate surface area is 128 Å². The monoisotopic (exact) mass is 297 g/mol. The van der Waals surface area contributed by atoms with Gasteiger partial charge in [-0.05, 0) is 38.9 Å². The Kier molecular flexibility index (Phi) is 6.73. The highest BCUT2D eigenvalue weighted by molar-refractivity contribution is 5.76. The van der Waals surface area contributed by atoms with Crippen LogP contribution in [0.3, 0.4) is 0 Å². The summed E-state index contributed by atoms with van der Waals surface area (Å²) in [5.74, 6) is 0. The molecule has 0 aliphatic carbocycles. The van der Waals surface area contributed by atoms with Crippen LogP contribution in [0.25, 0.3) is 0 Å². The molecule has 2 amide bonds. The van der Waals surface area contributed by atoms with Crippen molar-refractivity contribution in [3.05, 3.63) is 0 Å². The van der Waals surface area contributed by atoms with Crippen molar-refractivity contribution in [3.8, 4) is 0 Å². The molecule has 122 valence electrons. The smallest absolute Gasteiger partial charge is 0.317 e. The van der Waals surface area contributed by atoms with Crippen LogP contribution in [0.15, 0.2) is 0 Å². The Morgan fingerprint density at radius 3 is 2.71 bits per heavy atom. The van der Waals surface area contributed by atoms with Gasteiger partial charge < -0.3 is 20.9 Å². The number of urea groups is 1. The highest BCUT2D eigenvalue weighted by Crippen LogP contribution is 2.12. The molecule has 1 atom stereocenters. The molecule has 0 radical (unpaired) electrons. The lowest BCUT2D eigenvalue weighted by Crippen LogP contribution is -2.41. The van der Waals surface area contributed by atoms with Crippen molar-refractivity contribution in [1.29, 1.82) is 0 Å². The zero-order chi connectivity index (χ0) is 15.1. The molecule has 2 aliphatic heterocycles. The molecule has 6 heteroatoms. The highest BCUT2D eigenvalue weighted by Gasteiger charge is 2.23. The molecule has 2 fully saturated rings. The van der Waals surface area contributed by atoms with E-state index in [-0.39, 0.29) is 6.03 Å². The van der Waals surface area contributed by atoms with E-state index in [2.05, 4.69) is 22.0 Å². The molecule has 2 heterocycles. The number of hydrogen-bond donors (Lipinski definition) is 2. The highest BCUT2D eigenvalue weighted by atomic mass is 16.2. The van der Waals surface area contributed by atoms with Gasteiger partial charge in [-0.25, -0.2) is 4.79 Å². The van der Waals surface area contributed by atoms with Crippen molar-refractivity contribution >= 4 is 6.03 Å². The first-order chi connectivity index (χ1) is 10.2. The van der Waals surface area contributed by atoms with Gasteiger partial charge in [0, 0.05) is 45.3 Å². The molecule has 2 saturated heterocycles. The molecule has 21 heavy (non-hydrogen) atoms. The molecular weight excluding hydrogens is 266 g/mol. The van der Waals surface area contributed by atoms with Gasteiger partial charge in [0.05, 0.1) is 0 Å². The van der Waals surface area contributed by atoms with Crippen molar-refractivity contribution in [2.24, 2.45) is 5.73 Å². The SMILES string of the molecule is CCC(CCN)N1CCCN(CCN2CCNC2=O)CC1. The second-order valence-corrected chi connectivity index (χ2v) is 6.09. The van der Waals surface area contributed by atoms with Crippen molar-refractivity contribution in [3.63, 3.8) is 0 Å². The third-order valence-corrected chi connectivity index (χ3v) is 4.74. The Morgan fingerprint density at radius 2 is 2.05 bits per heavy atom. The molecule has 6 nitrogen and oxygen atoms in total. The van der Waals surface area contributed by atoms with Gasteiger partial charge in [-0.15, -0.1) is 0 Å². The zero-order valence-electron chi connectivity index (χ0n) is 13.4. The second-order valence-electron chi connectivity index (χ2n) is 6.09. The van der Waals surface area contributed by atoms with Gasteiger partial charge >= 0.3 is 6.03 Å². The van der Waals surface area contributed by atoms with Crippen LogP contribution < -0.4 is 11.1 Å². The Hall–Kier alpha value is -0.850. The van der Waals surface area contributed by atoms with Crippen LogP contribution in [-0.2, 0) is 0 Å². The lowest BCUT2D eigenvalue weighted by atomic mass is 10.1. The number of amides is 2. The van der Waals surface area contributed by atoms with Crippen LogP contribution in [-0.4, -0.2) is 85.7 Å². The molecule has 0 aromatic rings. The van der Waals surface area contributed by atoms with Gasteiger partial charge in [0.1, 0.15) is 0 Å². The van der Waals surface area contributed by atoms with Gasteiger partial charge in [-0.3, -0.25) is 4.90 Å². The van der Waals surface area contributed by atoms with Gasteiger partial charge in [0.25, 0.3) is 0 Å². The van der Waals surface area contributed by atoms with Gasteiger partial charge in [-0.2, -0.15) is 0 Å². The maximum Gasteiger partial charge on any atom is 0.317 e. The number of nitrogens with one attached hydrogen (secondary N) is 1. The summed E-state index contributed by atoms with van der Waals surface area (Å²) >= 11 is 0. The molecule has 1 unspecified atom stereocenters. The largest absolute Gasteiger partial charge is 0.336 e. The summed E-state index contributed by atoms with van der Waals surface area (Å²) in [5.41, 5.74) is 5.73. The molecule has 3 N–H and O–H groups in total. The normalized spacial score (nSPS) is 23.1. The van der Waals surface area contributed by atoms with Crippen LogP contribution in [0.5, 0.6) is 0 Å². The molecule has 0 spiro atoms. The third kappa shape index (κ3) is 4.83. The summed E-state index contributed by atoms with van der Waals surface area (Å²) in [4.78, 5) is 18.6. The summed E-state index contributed by atoms with van der Waals surface area (Å²) in [6.45, 7) is 11.1. The second kappa shape index (κ2) is 8.56. The van der Waals surface area contributed by atoms with Crippen LogP contribution in [0.4, 0.5) is 4.79 Å². The van der Waals surface area contributed by atoms with E-state index < -0.39 is 0 Å². The number of nitrogens with two attached hydrogens (primary N) is 1. The molecular formula is C15H31N5O. The van der Waals surface area contributed by atoms with Crippen LogP contribution in [0.2, 0.25) is 0 Å². The van der Waals surface area contributed by atoms with E-state index in [0.29, 0.717) is 6.04 Å². The van der Waals surface area contributed by atoms with Crippen LogP contribution in [0, 0.1) is 0 Å². The van der Waals surface area contributed by atoms with E-state index >= 15 is 0 Å². The number of hydrogen-bond acceptors (Lipinski definition) is 4. The predicted octanol–water partition coefficient (Wildman–Crippen LogP) is 0.147. The number of nitrogens with zero attached hydrogens (tertiary/aromatic N) is 3. The first-order valence-corrected chi connectivity index (χ1v) is 8.43. The van der Waals surface area contributed by atoms with Crippen molar-refractivity contribution in [2.75, 3.05) is 58.9 Å². The lowest BCUT2D eigenvalue weighted by Gasteiger charge is -2.30. The fourth-order valence-electron chi connectivity index (χ4n) is 3.40. The van der Waals surface area contributed by atoms with Crippen molar-refractivity contribution in [2.45, 2.75) is 32.2 Å². The maximum absolute atomic E-state index is 11.5. The Morgan fingerprint density at radius 1 is 1.19 bits per heavy atom. The van der Waals surface area contributed by atoms with Gasteiger partial charge in [0.15, 0.2) is 0 Å². The van der Waals surface area contributed by atoms with E-state index in [1.807, 2.05) is 4.90 Å². The van der Waals surface area contributed by atoms with E-state index in [0.717, 1.165) is 58.8 Å². The maximum atomic E-state index is 11.5. The first kappa shape index (κ1) is 16.5.